The van der Waals surface area contributed by atoms with Gasteiger partial charge < -0.3 is 10.1 Å². The quantitative estimate of drug-likeness (QED) is 0.534. The Labute approximate surface area is 166 Å². The molecular weight excluding hydrogens is 385 g/mol. The van der Waals surface area contributed by atoms with Crippen LogP contribution in [-0.4, -0.2) is 24.8 Å². The number of amides is 1. The molecule has 0 saturated carbocycles. The molecule has 0 saturated heterocycles. The van der Waals surface area contributed by atoms with Crippen molar-refractivity contribution in [2.24, 2.45) is 0 Å². The van der Waals surface area contributed by atoms with Gasteiger partial charge in [0.15, 0.2) is 0 Å². The first-order valence-corrected chi connectivity index (χ1v) is 10.1. The van der Waals surface area contributed by atoms with Crippen LogP contribution in [0.1, 0.15) is 5.56 Å². The molecule has 140 valence electrons. The van der Waals surface area contributed by atoms with Gasteiger partial charge in [0.1, 0.15) is 18.2 Å². The Hall–Kier alpha value is -2.24. The molecule has 0 bridgehead atoms. The average molecular weight is 404 g/mol. The molecule has 0 atom stereocenters. The van der Waals surface area contributed by atoms with Gasteiger partial charge in [0.2, 0.25) is 5.91 Å². The smallest absolute Gasteiger partial charge is 0.230 e. The van der Waals surface area contributed by atoms with E-state index in [0.717, 1.165) is 16.5 Å². The molecule has 3 aromatic carbocycles. The lowest BCUT2D eigenvalue weighted by atomic mass is 10.1. The van der Waals surface area contributed by atoms with Gasteiger partial charge in [-0.05, 0) is 35.0 Å². The fourth-order valence-corrected chi connectivity index (χ4v) is 3.78. The molecule has 3 rings (SSSR count). The van der Waals surface area contributed by atoms with E-state index in [2.05, 4.69) is 5.32 Å². The number of hydrogen-bond donors (Lipinski definition) is 1. The van der Waals surface area contributed by atoms with Crippen LogP contribution in [0.5, 0.6) is 5.75 Å². The van der Waals surface area contributed by atoms with Crippen LogP contribution in [-0.2, 0) is 10.5 Å². The summed E-state index contributed by atoms with van der Waals surface area (Å²) in [4.78, 5) is 11.9. The van der Waals surface area contributed by atoms with Crippen LogP contribution in [0.2, 0.25) is 5.02 Å². The van der Waals surface area contributed by atoms with Crippen molar-refractivity contribution in [3.8, 4) is 5.75 Å². The Morgan fingerprint density at radius 3 is 2.70 bits per heavy atom. The molecule has 0 unspecified atom stereocenters. The van der Waals surface area contributed by atoms with Crippen LogP contribution in [0.25, 0.3) is 10.8 Å². The minimum Gasteiger partial charge on any atom is -0.492 e. The number of thioether (sulfide) groups is 1. The maximum atomic E-state index is 13.7. The molecule has 0 aliphatic heterocycles. The van der Waals surface area contributed by atoms with Crippen LogP contribution in [0.15, 0.2) is 60.7 Å². The predicted molar refractivity (Wildman–Crippen MR) is 110 cm³/mol. The summed E-state index contributed by atoms with van der Waals surface area (Å²) in [5, 5.41) is 5.45. The number of fused-ring (bicyclic) bond motifs is 1. The molecule has 1 amide bonds. The van der Waals surface area contributed by atoms with Crippen LogP contribution >= 0.6 is 23.4 Å². The molecule has 0 heterocycles. The summed E-state index contributed by atoms with van der Waals surface area (Å²) in [5.74, 6) is 0.896. The monoisotopic (exact) mass is 403 g/mol. The molecule has 0 fully saturated rings. The number of benzene rings is 3. The zero-order chi connectivity index (χ0) is 19.1. The third-order valence-electron chi connectivity index (χ3n) is 3.96. The molecule has 0 spiro atoms. The van der Waals surface area contributed by atoms with E-state index in [1.807, 2.05) is 42.5 Å². The second kappa shape index (κ2) is 9.62. The van der Waals surface area contributed by atoms with Gasteiger partial charge in [0.05, 0.1) is 12.3 Å². The van der Waals surface area contributed by atoms with Gasteiger partial charge in [-0.25, -0.2) is 4.39 Å². The number of nitrogens with one attached hydrogen (secondary N) is 1. The summed E-state index contributed by atoms with van der Waals surface area (Å²) in [6, 6.07) is 18.5. The molecule has 1 N–H and O–H groups in total. The molecule has 0 aliphatic carbocycles. The number of ether oxygens (including phenoxy) is 1. The van der Waals surface area contributed by atoms with Crippen LogP contribution in [0.4, 0.5) is 4.39 Å². The van der Waals surface area contributed by atoms with Gasteiger partial charge in [0, 0.05) is 16.3 Å². The lowest BCUT2D eigenvalue weighted by Crippen LogP contribution is -2.29. The van der Waals surface area contributed by atoms with Crippen LogP contribution in [0, 0.1) is 5.82 Å². The Morgan fingerprint density at radius 1 is 1.07 bits per heavy atom. The summed E-state index contributed by atoms with van der Waals surface area (Å²) in [7, 11) is 0. The summed E-state index contributed by atoms with van der Waals surface area (Å²) in [6.07, 6.45) is 0. The highest BCUT2D eigenvalue weighted by atomic mass is 35.5. The number of halogens is 2. The van der Waals surface area contributed by atoms with Crippen molar-refractivity contribution >= 4 is 40.0 Å². The number of carbonyl (C=O) groups excluding carboxylic acids is 1. The van der Waals surface area contributed by atoms with Crippen LogP contribution in [0.3, 0.4) is 0 Å². The van der Waals surface area contributed by atoms with E-state index >= 15 is 0 Å². The second-order valence-electron chi connectivity index (χ2n) is 5.90. The number of rotatable bonds is 8. The summed E-state index contributed by atoms with van der Waals surface area (Å²) >= 11 is 7.29. The van der Waals surface area contributed by atoms with E-state index < -0.39 is 0 Å². The van der Waals surface area contributed by atoms with Crippen molar-refractivity contribution in [3.63, 3.8) is 0 Å². The van der Waals surface area contributed by atoms with Crippen molar-refractivity contribution in [2.45, 2.75) is 5.75 Å². The van der Waals surface area contributed by atoms with Crippen molar-refractivity contribution in [1.29, 1.82) is 0 Å². The Bertz CT molecular complexity index is 915. The minimum atomic E-state index is -0.348. The lowest BCUT2D eigenvalue weighted by Gasteiger charge is -2.09. The molecule has 3 aromatic rings. The van der Waals surface area contributed by atoms with E-state index in [1.54, 1.807) is 12.1 Å². The van der Waals surface area contributed by atoms with Crippen molar-refractivity contribution in [3.05, 3.63) is 77.1 Å². The predicted octanol–water partition coefficient (Wildman–Crippen LogP) is 5.06. The highest BCUT2D eigenvalue weighted by Crippen LogP contribution is 2.24. The number of carbonyl (C=O) groups is 1. The van der Waals surface area contributed by atoms with E-state index in [9.17, 15) is 9.18 Å². The molecule has 0 aliphatic rings. The third-order valence-corrected chi connectivity index (χ3v) is 5.27. The summed E-state index contributed by atoms with van der Waals surface area (Å²) < 4.78 is 19.3. The van der Waals surface area contributed by atoms with Crippen molar-refractivity contribution < 1.29 is 13.9 Å². The van der Waals surface area contributed by atoms with Gasteiger partial charge >= 0.3 is 0 Å². The molecule has 6 heteroatoms. The molecule has 3 nitrogen and oxygen atoms in total. The maximum Gasteiger partial charge on any atom is 0.230 e. The fourth-order valence-electron chi connectivity index (χ4n) is 2.58. The molecule has 27 heavy (non-hydrogen) atoms. The fraction of sp³-hybridized carbons (Fsp3) is 0.190. The second-order valence-corrected chi connectivity index (χ2v) is 7.29. The zero-order valence-electron chi connectivity index (χ0n) is 14.6. The molecule has 0 radical (unpaired) electrons. The third kappa shape index (κ3) is 5.62. The van der Waals surface area contributed by atoms with E-state index in [4.69, 9.17) is 16.3 Å². The van der Waals surface area contributed by atoms with Gasteiger partial charge in [0.25, 0.3) is 0 Å². The normalized spacial score (nSPS) is 10.7. The highest BCUT2D eigenvalue weighted by molar-refractivity contribution is 7.99. The minimum absolute atomic E-state index is 0.116. The Balaban J connectivity index is 1.36. The Morgan fingerprint density at radius 2 is 1.89 bits per heavy atom. The van der Waals surface area contributed by atoms with Crippen molar-refractivity contribution in [2.75, 3.05) is 18.9 Å². The molecule has 0 aromatic heterocycles. The zero-order valence-corrected chi connectivity index (χ0v) is 16.2. The van der Waals surface area contributed by atoms with Crippen molar-refractivity contribution in [1.82, 2.24) is 5.32 Å². The average Bonchev–Trinajstić information content (AvgIpc) is 2.67. The number of hydrogen-bond acceptors (Lipinski definition) is 3. The first-order chi connectivity index (χ1) is 13.1. The largest absolute Gasteiger partial charge is 0.492 e. The van der Waals surface area contributed by atoms with Gasteiger partial charge in [-0.15, -0.1) is 11.8 Å². The van der Waals surface area contributed by atoms with E-state index in [1.165, 1.54) is 17.8 Å². The molecular formula is C21H19ClFNO2S. The van der Waals surface area contributed by atoms with Gasteiger partial charge in [-0.1, -0.05) is 48.0 Å². The Kier molecular flexibility index (Phi) is 6.96. The van der Waals surface area contributed by atoms with Crippen LogP contribution < -0.4 is 10.1 Å². The van der Waals surface area contributed by atoms with E-state index in [0.29, 0.717) is 29.5 Å². The highest BCUT2D eigenvalue weighted by Gasteiger charge is 2.08. The first kappa shape index (κ1) is 19.5. The summed E-state index contributed by atoms with van der Waals surface area (Å²) in [5.41, 5.74) is 0.427. The van der Waals surface area contributed by atoms with Gasteiger partial charge in [-0.2, -0.15) is 0 Å². The SMILES string of the molecule is O=C(CSCc1c(F)cccc1Cl)NCCOc1ccc2ccccc2c1. The maximum absolute atomic E-state index is 13.7. The standard InChI is InChI=1S/C21H19ClFNO2S/c22-19-6-3-7-20(23)18(19)13-27-14-21(25)24-10-11-26-17-9-8-15-4-1-2-5-16(15)12-17/h1-9,12H,10-11,13-14H2,(H,24,25). The first-order valence-electron chi connectivity index (χ1n) is 8.52. The summed E-state index contributed by atoms with van der Waals surface area (Å²) in [6.45, 7) is 0.792. The lowest BCUT2D eigenvalue weighted by molar-refractivity contribution is -0.118. The van der Waals surface area contributed by atoms with Gasteiger partial charge in [-0.3, -0.25) is 4.79 Å². The topological polar surface area (TPSA) is 38.3 Å². The van der Waals surface area contributed by atoms with E-state index in [-0.39, 0.29) is 17.5 Å².